The molecule has 3 aromatic heterocycles. The molecule has 196 valence electrons. The second-order valence-electron chi connectivity index (χ2n) is 9.72. The van der Waals surface area contributed by atoms with Crippen molar-refractivity contribution >= 4 is 51.7 Å². The summed E-state index contributed by atoms with van der Waals surface area (Å²) in [5.41, 5.74) is 7.54. The molecule has 0 amide bonds. The quantitative estimate of drug-likeness (QED) is 0.356. The van der Waals surface area contributed by atoms with Crippen molar-refractivity contribution in [2.75, 3.05) is 31.2 Å². The van der Waals surface area contributed by atoms with Gasteiger partial charge in [0.25, 0.3) is 5.56 Å². The lowest BCUT2D eigenvalue weighted by Crippen LogP contribution is -2.49. The Morgan fingerprint density at radius 2 is 1.95 bits per heavy atom. The zero-order valence-corrected chi connectivity index (χ0v) is 22.7. The molecule has 6 rings (SSSR count). The first-order valence-corrected chi connectivity index (χ1v) is 13.9. The molecule has 4 aromatic rings. The summed E-state index contributed by atoms with van der Waals surface area (Å²) in [5, 5.41) is 1.75. The molecule has 1 spiro atoms. The lowest BCUT2D eigenvalue weighted by atomic mass is 9.75. The smallest absolute Gasteiger partial charge is 0.263 e. The number of hydrogen-bond donors (Lipinski definition) is 1. The van der Waals surface area contributed by atoms with Crippen molar-refractivity contribution in [3.05, 3.63) is 75.3 Å². The van der Waals surface area contributed by atoms with E-state index in [0.29, 0.717) is 44.2 Å². The topological polar surface area (TPSA) is 112 Å². The van der Waals surface area contributed by atoms with Gasteiger partial charge in [0.2, 0.25) is 0 Å². The minimum Gasteiger partial charge on any atom is -0.379 e. The van der Waals surface area contributed by atoms with E-state index < -0.39 is 0 Å². The van der Waals surface area contributed by atoms with E-state index in [9.17, 15) is 4.79 Å². The van der Waals surface area contributed by atoms with E-state index >= 15 is 0 Å². The van der Waals surface area contributed by atoms with Crippen LogP contribution in [0, 0.1) is 5.41 Å². The van der Waals surface area contributed by atoms with Gasteiger partial charge < -0.3 is 15.4 Å². The number of benzene rings is 1. The van der Waals surface area contributed by atoms with Gasteiger partial charge in [-0.2, -0.15) is 0 Å². The van der Waals surface area contributed by atoms with E-state index in [-0.39, 0.29) is 17.0 Å². The first-order valence-electron chi connectivity index (χ1n) is 12.3. The minimum atomic E-state index is -0.230. The van der Waals surface area contributed by atoms with Crippen LogP contribution in [0.4, 0.5) is 5.82 Å². The first kappa shape index (κ1) is 25.5. The number of rotatable bonds is 5. The van der Waals surface area contributed by atoms with Gasteiger partial charge in [0.15, 0.2) is 0 Å². The van der Waals surface area contributed by atoms with E-state index in [1.807, 2.05) is 6.07 Å². The van der Waals surface area contributed by atoms with Gasteiger partial charge >= 0.3 is 0 Å². The third-order valence-electron chi connectivity index (χ3n) is 7.43. The van der Waals surface area contributed by atoms with Crippen LogP contribution in [0.25, 0.3) is 10.9 Å². The number of nitrogens with zero attached hydrogens (tertiary/aromatic N) is 6. The monoisotopic (exact) mass is 569 g/mol. The van der Waals surface area contributed by atoms with Crippen molar-refractivity contribution < 1.29 is 4.74 Å². The van der Waals surface area contributed by atoms with Crippen LogP contribution in [-0.4, -0.2) is 56.8 Å². The maximum Gasteiger partial charge on any atom is 0.263 e. The van der Waals surface area contributed by atoms with Crippen molar-refractivity contribution in [1.29, 1.82) is 0 Å². The van der Waals surface area contributed by atoms with Gasteiger partial charge in [-0.25, -0.2) is 19.9 Å². The van der Waals surface area contributed by atoms with Gasteiger partial charge in [-0.1, -0.05) is 35.0 Å². The molecule has 0 unspecified atom stereocenters. The summed E-state index contributed by atoms with van der Waals surface area (Å²) in [4.78, 5) is 33.9. The molecule has 0 bridgehead atoms. The van der Waals surface area contributed by atoms with E-state index in [0.717, 1.165) is 43.9 Å². The number of piperidine rings is 1. The lowest BCUT2D eigenvalue weighted by molar-refractivity contribution is 0.131. The number of hydrogen-bond acceptors (Lipinski definition) is 9. The van der Waals surface area contributed by atoms with Crippen LogP contribution in [0.2, 0.25) is 10.2 Å². The summed E-state index contributed by atoms with van der Waals surface area (Å²) >= 11 is 14.1. The highest BCUT2D eigenvalue weighted by atomic mass is 35.5. The van der Waals surface area contributed by atoms with Crippen LogP contribution in [-0.2, 0) is 11.3 Å². The third kappa shape index (κ3) is 4.87. The molecule has 1 atom stereocenters. The molecule has 2 aliphatic heterocycles. The fourth-order valence-electron chi connectivity index (χ4n) is 5.12. The van der Waals surface area contributed by atoms with Crippen molar-refractivity contribution in [3.8, 4) is 0 Å². The van der Waals surface area contributed by atoms with Gasteiger partial charge in [-0.15, -0.1) is 0 Å². The molecule has 5 heterocycles. The fraction of sp³-hybridized carbons (Fsp3) is 0.346. The molecule has 12 heteroatoms. The fourth-order valence-corrected chi connectivity index (χ4v) is 6.44. The summed E-state index contributed by atoms with van der Waals surface area (Å²) in [7, 11) is 0. The molecule has 1 aromatic carbocycles. The molecule has 9 nitrogen and oxygen atoms in total. The Hall–Kier alpha value is -2.76. The molecule has 2 saturated heterocycles. The van der Waals surface area contributed by atoms with E-state index in [2.05, 4.69) is 24.8 Å². The minimum absolute atomic E-state index is 0.0886. The van der Waals surface area contributed by atoms with Crippen LogP contribution in [0.15, 0.2) is 63.9 Å². The lowest BCUT2D eigenvalue weighted by Gasteiger charge is -2.41. The highest BCUT2D eigenvalue weighted by Crippen LogP contribution is 2.40. The van der Waals surface area contributed by atoms with Crippen molar-refractivity contribution in [3.63, 3.8) is 0 Å². The number of aromatic nitrogens is 5. The van der Waals surface area contributed by atoms with E-state index in [4.69, 9.17) is 33.7 Å². The molecular weight excluding hydrogens is 545 g/mol. The average molecular weight is 571 g/mol. The van der Waals surface area contributed by atoms with Gasteiger partial charge in [-0.05, 0) is 42.7 Å². The number of pyridine rings is 1. The van der Waals surface area contributed by atoms with Gasteiger partial charge in [0.1, 0.15) is 16.0 Å². The Bertz CT molecular complexity index is 1540. The Morgan fingerprint density at radius 3 is 2.66 bits per heavy atom. The summed E-state index contributed by atoms with van der Waals surface area (Å²) in [6, 6.07) is 7.27. The molecule has 0 aliphatic carbocycles. The number of halogens is 2. The molecule has 0 saturated carbocycles. The summed E-state index contributed by atoms with van der Waals surface area (Å²) in [6.07, 6.45) is 8.62. The standard InChI is InChI=1S/C26H25Cl2N7O2S/c27-20-9-16(3-6-30-20)12-35-15-33-17-1-2-18(24(28)23(17)25(35)36)38-22-11-31-21(10-32-22)34-7-4-26(5-8-34)14-37-13-19(26)29/h1-3,6,9-11,15,19H,4-5,7-8,12-14,29H2/t19-/m1/s1. The van der Waals surface area contributed by atoms with Crippen molar-refractivity contribution in [1.82, 2.24) is 24.5 Å². The van der Waals surface area contributed by atoms with E-state index in [1.54, 1.807) is 36.8 Å². The Balaban J connectivity index is 1.19. The van der Waals surface area contributed by atoms with Crippen LogP contribution in [0.1, 0.15) is 18.4 Å². The summed E-state index contributed by atoms with van der Waals surface area (Å²) in [6.45, 7) is 3.45. The largest absolute Gasteiger partial charge is 0.379 e. The number of nitrogens with two attached hydrogens (primary N) is 1. The molecule has 2 aliphatic rings. The SMILES string of the molecule is N[C@@H]1COCC12CCN(c1cnc(Sc3ccc4ncn(Cc5ccnc(Cl)c5)c(=O)c4c3Cl)cn1)CC2. The van der Waals surface area contributed by atoms with Crippen LogP contribution in [0.5, 0.6) is 0 Å². The van der Waals surface area contributed by atoms with Crippen LogP contribution < -0.4 is 16.2 Å². The van der Waals surface area contributed by atoms with Gasteiger partial charge in [-0.3, -0.25) is 9.36 Å². The summed E-state index contributed by atoms with van der Waals surface area (Å²) in [5.74, 6) is 0.838. The first-order chi connectivity index (χ1) is 18.4. The normalized spacial score (nSPS) is 18.9. The summed E-state index contributed by atoms with van der Waals surface area (Å²) < 4.78 is 7.14. The molecule has 2 N–H and O–H groups in total. The second kappa shape index (κ2) is 10.4. The number of fused-ring (bicyclic) bond motifs is 1. The maximum absolute atomic E-state index is 13.3. The molecule has 2 fully saturated rings. The van der Waals surface area contributed by atoms with E-state index in [1.165, 1.54) is 22.7 Å². The third-order valence-corrected chi connectivity index (χ3v) is 9.12. The second-order valence-corrected chi connectivity index (χ2v) is 11.5. The Morgan fingerprint density at radius 1 is 1.11 bits per heavy atom. The average Bonchev–Trinajstić information content (AvgIpc) is 3.27. The van der Waals surface area contributed by atoms with Crippen LogP contribution in [0.3, 0.4) is 0 Å². The van der Waals surface area contributed by atoms with Gasteiger partial charge in [0.05, 0.1) is 54.4 Å². The Labute approximate surface area is 233 Å². The number of anilines is 1. The van der Waals surface area contributed by atoms with Gasteiger partial charge in [0, 0.05) is 35.6 Å². The number of ether oxygens (including phenoxy) is 1. The molecular formula is C26H25Cl2N7O2S. The molecule has 0 radical (unpaired) electrons. The predicted octanol–water partition coefficient (Wildman–Crippen LogP) is 4.03. The molecule has 38 heavy (non-hydrogen) atoms. The highest BCUT2D eigenvalue weighted by Gasteiger charge is 2.44. The predicted molar refractivity (Wildman–Crippen MR) is 148 cm³/mol. The van der Waals surface area contributed by atoms with Crippen molar-refractivity contribution in [2.45, 2.75) is 35.3 Å². The maximum atomic E-state index is 13.3. The van der Waals surface area contributed by atoms with Crippen LogP contribution >= 0.6 is 35.0 Å². The van der Waals surface area contributed by atoms with Crippen molar-refractivity contribution in [2.24, 2.45) is 11.1 Å². The zero-order valence-electron chi connectivity index (χ0n) is 20.4. The highest BCUT2D eigenvalue weighted by molar-refractivity contribution is 7.99. The zero-order chi connectivity index (χ0) is 26.3. The Kier molecular flexibility index (Phi) is 7.00.